The Labute approximate surface area is 104 Å². The smallest absolute Gasteiger partial charge is 0.222 e. The molecule has 3 rings (SSSR count). The van der Waals surface area contributed by atoms with Crippen LogP contribution in [0.4, 0.5) is 5.88 Å². The van der Waals surface area contributed by atoms with Gasteiger partial charge in [0.25, 0.3) is 0 Å². The lowest BCUT2D eigenvalue weighted by molar-refractivity contribution is 0.141. The summed E-state index contributed by atoms with van der Waals surface area (Å²) in [4.78, 5) is 0. The third-order valence-electron chi connectivity index (χ3n) is 2.87. The van der Waals surface area contributed by atoms with E-state index in [0.29, 0.717) is 12.5 Å². The molecule has 1 aromatic heterocycles. The molecule has 1 aliphatic heterocycles. The minimum atomic E-state index is 0.165. The maximum atomic E-state index is 5.78. The summed E-state index contributed by atoms with van der Waals surface area (Å²) in [6, 6.07) is 9.39. The van der Waals surface area contributed by atoms with Crippen molar-refractivity contribution in [3.05, 3.63) is 30.3 Å². The Hall–Kier alpha value is -2.01. The second-order valence-electron chi connectivity index (χ2n) is 4.24. The monoisotopic (exact) mass is 246 g/mol. The van der Waals surface area contributed by atoms with Crippen LogP contribution in [0.3, 0.4) is 0 Å². The zero-order valence-corrected chi connectivity index (χ0v) is 9.83. The maximum Gasteiger partial charge on any atom is 0.222 e. The topological polar surface area (TPSA) is 70.5 Å². The van der Waals surface area contributed by atoms with E-state index in [0.717, 1.165) is 30.0 Å². The van der Waals surface area contributed by atoms with Crippen molar-refractivity contribution < 1.29 is 14.0 Å². The standard InChI is InChI=1S/C13H14N2O3/c14-13-7-12(15-18-13)9-1-3-10(4-2-9)17-11-5-6-16-8-11/h1-4,7,11H,5-6,8,14H2. The molecule has 1 atom stereocenters. The molecule has 0 amide bonds. The van der Waals surface area contributed by atoms with Gasteiger partial charge in [0.15, 0.2) is 0 Å². The average Bonchev–Trinajstić information content (AvgIpc) is 3.02. The maximum absolute atomic E-state index is 5.78. The molecule has 94 valence electrons. The molecule has 1 unspecified atom stereocenters. The molecule has 0 aliphatic carbocycles. The Morgan fingerprint density at radius 1 is 1.28 bits per heavy atom. The van der Waals surface area contributed by atoms with Crippen LogP contribution in [-0.4, -0.2) is 24.5 Å². The number of aromatic nitrogens is 1. The van der Waals surface area contributed by atoms with Crippen molar-refractivity contribution in [3.8, 4) is 17.0 Å². The summed E-state index contributed by atoms with van der Waals surface area (Å²) in [6.45, 7) is 1.45. The molecule has 2 aromatic rings. The molecule has 0 spiro atoms. The highest BCUT2D eigenvalue weighted by Crippen LogP contribution is 2.24. The van der Waals surface area contributed by atoms with E-state index in [4.69, 9.17) is 19.7 Å². The van der Waals surface area contributed by atoms with Crippen molar-refractivity contribution >= 4 is 5.88 Å². The highest BCUT2D eigenvalue weighted by atomic mass is 16.5. The number of benzene rings is 1. The van der Waals surface area contributed by atoms with Crippen molar-refractivity contribution in [1.29, 1.82) is 0 Å². The largest absolute Gasteiger partial charge is 0.488 e. The van der Waals surface area contributed by atoms with Crippen molar-refractivity contribution in [2.45, 2.75) is 12.5 Å². The van der Waals surface area contributed by atoms with Gasteiger partial charge in [-0.05, 0) is 24.3 Å². The quantitative estimate of drug-likeness (QED) is 0.897. The number of anilines is 1. The minimum absolute atomic E-state index is 0.165. The van der Waals surface area contributed by atoms with Crippen LogP contribution in [0.15, 0.2) is 34.9 Å². The molecule has 0 bridgehead atoms. The van der Waals surface area contributed by atoms with Crippen molar-refractivity contribution in [1.82, 2.24) is 5.16 Å². The zero-order chi connectivity index (χ0) is 12.4. The van der Waals surface area contributed by atoms with E-state index in [2.05, 4.69) is 5.16 Å². The van der Waals surface area contributed by atoms with Gasteiger partial charge >= 0.3 is 0 Å². The normalized spacial score (nSPS) is 19.0. The lowest BCUT2D eigenvalue weighted by atomic mass is 10.1. The molecule has 1 aliphatic rings. The molecule has 0 saturated carbocycles. The summed E-state index contributed by atoms with van der Waals surface area (Å²) in [5.41, 5.74) is 7.16. The number of hydrogen-bond acceptors (Lipinski definition) is 5. The van der Waals surface area contributed by atoms with Crippen LogP contribution in [-0.2, 0) is 4.74 Å². The molecule has 5 nitrogen and oxygen atoms in total. The Balaban J connectivity index is 1.72. The fraction of sp³-hybridized carbons (Fsp3) is 0.308. The van der Waals surface area contributed by atoms with Gasteiger partial charge in [0.1, 0.15) is 17.5 Å². The molecule has 18 heavy (non-hydrogen) atoms. The molecule has 1 aromatic carbocycles. The van der Waals surface area contributed by atoms with Crippen LogP contribution in [0.1, 0.15) is 6.42 Å². The van der Waals surface area contributed by atoms with Crippen LogP contribution in [0.2, 0.25) is 0 Å². The first-order valence-corrected chi connectivity index (χ1v) is 5.88. The molecule has 2 heterocycles. The molecule has 1 saturated heterocycles. The second kappa shape index (κ2) is 4.70. The van der Waals surface area contributed by atoms with Crippen LogP contribution >= 0.6 is 0 Å². The Morgan fingerprint density at radius 3 is 2.72 bits per heavy atom. The predicted molar refractivity (Wildman–Crippen MR) is 66.2 cm³/mol. The number of nitrogens with two attached hydrogens (primary N) is 1. The van der Waals surface area contributed by atoms with Gasteiger partial charge in [0.05, 0.1) is 13.2 Å². The zero-order valence-electron chi connectivity index (χ0n) is 9.83. The van der Waals surface area contributed by atoms with Crippen LogP contribution in [0.25, 0.3) is 11.3 Å². The molecular formula is C13H14N2O3. The number of rotatable bonds is 3. The summed E-state index contributed by atoms with van der Waals surface area (Å²) < 4.78 is 15.9. The summed E-state index contributed by atoms with van der Waals surface area (Å²) in [7, 11) is 0. The van der Waals surface area contributed by atoms with Gasteiger partial charge in [-0.2, -0.15) is 0 Å². The van der Waals surface area contributed by atoms with Gasteiger partial charge in [-0.3, -0.25) is 0 Å². The lowest BCUT2D eigenvalue weighted by Gasteiger charge is -2.11. The van der Waals surface area contributed by atoms with Gasteiger partial charge in [-0.1, -0.05) is 5.16 Å². The Bertz CT molecular complexity index is 515. The van der Waals surface area contributed by atoms with E-state index in [-0.39, 0.29) is 6.10 Å². The number of hydrogen-bond donors (Lipinski definition) is 1. The fourth-order valence-electron chi connectivity index (χ4n) is 1.93. The van der Waals surface area contributed by atoms with E-state index in [1.807, 2.05) is 24.3 Å². The van der Waals surface area contributed by atoms with Gasteiger partial charge in [-0.25, -0.2) is 0 Å². The molecule has 0 radical (unpaired) electrons. The number of nitrogens with zero attached hydrogens (tertiary/aromatic N) is 1. The molecule has 2 N–H and O–H groups in total. The fourth-order valence-corrected chi connectivity index (χ4v) is 1.93. The van der Waals surface area contributed by atoms with Crippen LogP contribution in [0, 0.1) is 0 Å². The summed E-state index contributed by atoms with van der Waals surface area (Å²) in [6.07, 6.45) is 1.11. The third kappa shape index (κ3) is 2.31. The lowest BCUT2D eigenvalue weighted by Crippen LogP contribution is -2.15. The second-order valence-corrected chi connectivity index (χ2v) is 4.24. The SMILES string of the molecule is Nc1cc(-c2ccc(OC3CCOC3)cc2)no1. The van der Waals surface area contributed by atoms with Gasteiger partial charge in [0.2, 0.25) is 5.88 Å². The molecular weight excluding hydrogens is 232 g/mol. The minimum Gasteiger partial charge on any atom is -0.488 e. The predicted octanol–water partition coefficient (Wildman–Crippen LogP) is 2.09. The van der Waals surface area contributed by atoms with Gasteiger partial charge in [0, 0.05) is 18.1 Å². The summed E-state index contributed by atoms with van der Waals surface area (Å²) >= 11 is 0. The van der Waals surface area contributed by atoms with E-state index in [1.165, 1.54) is 0 Å². The van der Waals surface area contributed by atoms with Gasteiger partial charge in [-0.15, -0.1) is 0 Å². The van der Waals surface area contributed by atoms with E-state index in [9.17, 15) is 0 Å². The molecule has 1 fully saturated rings. The first-order valence-electron chi connectivity index (χ1n) is 5.88. The Morgan fingerprint density at radius 2 is 2.11 bits per heavy atom. The van der Waals surface area contributed by atoms with Crippen LogP contribution < -0.4 is 10.5 Å². The third-order valence-corrected chi connectivity index (χ3v) is 2.87. The van der Waals surface area contributed by atoms with Crippen molar-refractivity contribution in [2.75, 3.05) is 18.9 Å². The van der Waals surface area contributed by atoms with E-state index >= 15 is 0 Å². The Kier molecular flexibility index (Phi) is 2.90. The van der Waals surface area contributed by atoms with Gasteiger partial charge < -0.3 is 19.7 Å². The van der Waals surface area contributed by atoms with E-state index < -0.39 is 0 Å². The first kappa shape index (κ1) is 11.1. The number of ether oxygens (including phenoxy) is 2. The van der Waals surface area contributed by atoms with Crippen molar-refractivity contribution in [2.24, 2.45) is 0 Å². The van der Waals surface area contributed by atoms with Crippen molar-refractivity contribution in [3.63, 3.8) is 0 Å². The highest BCUT2D eigenvalue weighted by Gasteiger charge is 2.17. The van der Waals surface area contributed by atoms with E-state index in [1.54, 1.807) is 6.07 Å². The summed E-state index contributed by atoms with van der Waals surface area (Å²) in [5, 5.41) is 3.86. The molecule has 5 heteroatoms. The average molecular weight is 246 g/mol. The highest BCUT2D eigenvalue weighted by molar-refractivity contribution is 5.61. The first-order chi connectivity index (χ1) is 8.81. The summed E-state index contributed by atoms with van der Waals surface area (Å²) in [5.74, 6) is 1.15. The van der Waals surface area contributed by atoms with Crippen LogP contribution in [0.5, 0.6) is 5.75 Å². The number of nitrogen functional groups attached to an aromatic ring is 1.